The largest absolute Gasteiger partial charge is 0.309 e. The average molecular weight is 620 g/mol. The van der Waals surface area contributed by atoms with Crippen LogP contribution in [-0.2, 0) is 12.8 Å². The van der Waals surface area contributed by atoms with E-state index in [2.05, 4.69) is 163 Å². The van der Waals surface area contributed by atoms with Gasteiger partial charge in [-0.3, -0.25) is 4.57 Å². The molecule has 3 heterocycles. The van der Waals surface area contributed by atoms with Crippen LogP contribution in [-0.4, -0.2) is 24.1 Å². The molecule has 3 aromatic heterocycles. The molecule has 0 amide bonds. The van der Waals surface area contributed by atoms with Crippen LogP contribution in [0.2, 0.25) is 0 Å². The summed E-state index contributed by atoms with van der Waals surface area (Å²) in [6.45, 7) is 4.34. The van der Waals surface area contributed by atoms with Crippen LogP contribution in [0.25, 0.3) is 78.0 Å². The SMILES string of the molecule is CCc1ccc(-c2nc(-c3ccc(CC)cc3)nc(-n3c4ccccc4c4c3ccc3c5ccccc5n(-c5ccccc5)c34)n2)cc1. The highest BCUT2D eigenvalue weighted by Gasteiger charge is 2.22. The quantitative estimate of drug-likeness (QED) is 0.186. The van der Waals surface area contributed by atoms with E-state index < -0.39 is 0 Å². The van der Waals surface area contributed by atoms with Gasteiger partial charge in [0.1, 0.15) is 0 Å². The zero-order valence-corrected chi connectivity index (χ0v) is 26.9. The number of benzene rings is 6. The molecule has 5 nitrogen and oxygen atoms in total. The number of para-hydroxylation sites is 3. The molecule has 0 atom stereocenters. The van der Waals surface area contributed by atoms with Gasteiger partial charge in [-0.25, -0.2) is 4.98 Å². The van der Waals surface area contributed by atoms with Gasteiger partial charge >= 0.3 is 0 Å². The third-order valence-electron chi connectivity index (χ3n) is 9.55. The Kier molecular flexibility index (Phi) is 6.64. The molecule has 0 spiro atoms. The van der Waals surface area contributed by atoms with Gasteiger partial charge < -0.3 is 4.57 Å². The molecule has 0 N–H and O–H groups in total. The van der Waals surface area contributed by atoms with Crippen LogP contribution >= 0.6 is 0 Å². The van der Waals surface area contributed by atoms with Gasteiger partial charge in [0.25, 0.3) is 0 Å². The fourth-order valence-corrected chi connectivity index (χ4v) is 7.07. The minimum atomic E-state index is 0.599. The van der Waals surface area contributed by atoms with Gasteiger partial charge in [-0.1, -0.05) is 123 Å². The van der Waals surface area contributed by atoms with Gasteiger partial charge in [0.15, 0.2) is 11.6 Å². The molecule has 0 saturated heterocycles. The standard InChI is InChI=1S/C43H33N5/c1-3-28-18-22-30(23-19-28)41-44-42(31-24-20-29(4-2)21-25-31)46-43(45-41)48-37-17-11-9-15-35(37)39-38(48)27-26-34-33-14-8-10-16-36(33)47(40(34)39)32-12-6-5-7-13-32/h5-27H,3-4H2,1-2H3. The van der Waals surface area contributed by atoms with E-state index in [4.69, 9.17) is 15.0 Å². The lowest BCUT2D eigenvalue weighted by Gasteiger charge is -2.12. The maximum Gasteiger partial charge on any atom is 0.238 e. The van der Waals surface area contributed by atoms with Crippen molar-refractivity contribution in [2.45, 2.75) is 26.7 Å². The summed E-state index contributed by atoms with van der Waals surface area (Å²) in [5.74, 6) is 1.91. The molecule has 6 aromatic carbocycles. The molecule has 9 aromatic rings. The molecule has 5 heteroatoms. The van der Waals surface area contributed by atoms with E-state index in [1.165, 1.54) is 38.3 Å². The molecule has 0 aliphatic rings. The fourth-order valence-electron chi connectivity index (χ4n) is 7.07. The molecule has 0 fully saturated rings. The van der Waals surface area contributed by atoms with Crippen molar-refractivity contribution in [1.82, 2.24) is 24.1 Å². The van der Waals surface area contributed by atoms with E-state index in [0.717, 1.165) is 46.1 Å². The second-order valence-electron chi connectivity index (χ2n) is 12.3. The molecule has 0 aliphatic heterocycles. The molecule has 0 bridgehead atoms. The van der Waals surface area contributed by atoms with E-state index in [0.29, 0.717) is 17.6 Å². The summed E-state index contributed by atoms with van der Waals surface area (Å²) >= 11 is 0. The number of aromatic nitrogens is 5. The Morgan fingerprint density at radius 3 is 1.58 bits per heavy atom. The van der Waals surface area contributed by atoms with E-state index in [9.17, 15) is 0 Å². The van der Waals surface area contributed by atoms with Crippen molar-refractivity contribution in [3.63, 3.8) is 0 Å². The van der Waals surface area contributed by atoms with Crippen molar-refractivity contribution in [2.24, 2.45) is 0 Å². The lowest BCUT2D eigenvalue weighted by atomic mass is 10.1. The summed E-state index contributed by atoms with van der Waals surface area (Å²) in [5.41, 5.74) is 10.1. The maximum atomic E-state index is 5.20. The molecule has 230 valence electrons. The molecule has 0 saturated carbocycles. The highest BCUT2D eigenvalue weighted by Crippen LogP contribution is 2.41. The topological polar surface area (TPSA) is 48.5 Å². The summed E-state index contributed by atoms with van der Waals surface area (Å²) in [4.78, 5) is 15.4. The molecule has 0 radical (unpaired) electrons. The summed E-state index contributed by atoms with van der Waals surface area (Å²) in [7, 11) is 0. The molecular weight excluding hydrogens is 587 g/mol. The van der Waals surface area contributed by atoms with E-state index >= 15 is 0 Å². The van der Waals surface area contributed by atoms with E-state index in [1.54, 1.807) is 0 Å². The smallest absolute Gasteiger partial charge is 0.238 e. The number of aryl methyl sites for hydroxylation is 2. The fraction of sp³-hybridized carbons (Fsp3) is 0.0930. The minimum Gasteiger partial charge on any atom is -0.309 e. The summed E-state index contributed by atoms with van der Waals surface area (Å²) < 4.78 is 4.62. The number of nitrogens with zero attached hydrogens (tertiary/aromatic N) is 5. The Morgan fingerprint density at radius 1 is 0.438 bits per heavy atom. The van der Waals surface area contributed by atoms with E-state index in [1.807, 2.05) is 0 Å². The monoisotopic (exact) mass is 619 g/mol. The Hall–Kier alpha value is -6.07. The first-order chi connectivity index (χ1) is 23.7. The number of hydrogen-bond donors (Lipinski definition) is 0. The van der Waals surface area contributed by atoms with Crippen LogP contribution in [0.1, 0.15) is 25.0 Å². The van der Waals surface area contributed by atoms with Crippen molar-refractivity contribution in [3.8, 4) is 34.4 Å². The Bertz CT molecular complexity index is 2550. The van der Waals surface area contributed by atoms with Crippen LogP contribution in [0.3, 0.4) is 0 Å². The predicted octanol–water partition coefficient (Wildman–Crippen LogP) is 10.5. The number of hydrogen-bond acceptors (Lipinski definition) is 3. The molecule has 9 rings (SSSR count). The lowest BCUT2D eigenvalue weighted by Crippen LogP contribution is -2.06. The molecule has 0 unspecified atom stereocenters. The third-order valence-corrected chi connectivity index (χ3v) is 9.55. The summed E-state index contributed by atoms with van der Waals surface area (Å²) in [6, 6.07) is 49.5. The molecule has 0 aliphatic carbocycles. The van der Waals surface area contributed by atoms with Crippen molar-refractivity contribution in [3.05, 3.63) is 151 Å². The first-order valence-electron chi connectivity index (χ1n) is 16.7. The first-order valence-corrected chi connectivity index (χ1v) is 16.7. The second-order valence-corrected chi connectivity index (χ2v) is 12.3. The van der Waals surface area contributed by atoms with Gasteiger partial charge in [-0.2, -0.15) is 9.97 Å². The third kappa shape index (κ3) is 4.43. The Labute approximate surface area is 278 Å². The van der Waals surface area contributed by atoms with Crippen LogP contribution < -0.4 is 0 Å². The maximum absolute atomic E-state index is 5.20. The Balaban J connectivity index is 1.38. The van der Waals surface area contributed by atoms with Gasteiger partial charge in [-0.05, 0) is 54.3 Å². The van der Waals surface area contributed by atoms with Crippen LogP contribution in [0.15, 0.2) is 140 Å². The highest BCUT2D eigenvalue weighted by molar-refractivity contribution is 6.26. The summed E-state index contributed by atoms with van der Waals surface area (Å²) in [5, 5.41) is 4.77. The van der Waals surface area contributed by atoms with Crippen LogP contribution in [0.4, 0.5) is 0 Å². The minimum absolute atomic E-state index is 0.599. The van der Waals surface area contributed by atoms with Crippen molar-refractivity contribution in [1.29, 1.82) is 0 Å². The van der Waals surface area contributed by atoms with Gasteiger partial charge in [0, 0.05) is 38.4 Å². The number of rotatable bonds is 6. The predicted molar refractivity (Wildman–Crippen MR) is 198 cm³/mol. The summed E-state index contributed by atoms with van der Waals surface area (Å²) in [6.07, 6.45) is 1.96. The van der Waals surface area contributed by atoms with Gasteiger partial charge in [-0.15, -0.1) is 0 Å². The van der Waals surface area contributed by atoms with Gasteiger partial charge in [0.05, 0.1) is 22.1 Å². The van der Waals surface area contributed by atoms with Crippen molar-refractivity contribution in [2.75, 3.05) is 0 Å². The molecular formula is C43H33N5. The highest BCUT2D eigenvalue weighted by atomic mass is 15.2. The van der Waals surface area contributed by atoms with Crippen molar-refractivity contribution >= 4 is 43.6 Å². The van der Waals surface area contributed by atoms with Crippen LogP contribution in [0, 0.1) is 0 Å². The van der Waals surface area contributed by atoms with Gasteiger partial charge in [0.2, 0.25) is 5.95 Å². The Morgan fingerprint density at radius 2 is 0.979 bits per heavy atom. The first kappa shape index (κ1) is 28.2. The van der Waals surface area contributed by atoms with Crippen molar-refractivity contribution < 1.29 is 0 Å². The van der Waals surface area contributed by atoms with E-state index in [-0.39, 0.29) is 0 Å². The van der Waals surface area contributed by atoms with Crippen LogP contribution in [0.5, 0.6) is 0 Å². The number of fused-ring (bicyclic) bond motifs is 7. The molecule has 48 heavy (non-hydrogen) atoms. The average Bonchev–Trinajstić information content (AvgIpc) is 3.68. The lowest BCUT2D eigenvalue weighted by molar-refractivity contribution is 0.953. The second kappa shape index (κ2) is 11.3. The zero-order chi connectivity index (χ0) is 32.2. The zero-order valence-electron chi connectivity index (χ0n) is 26.9. The normalized spacial score (nSPS) is 11.7.